The average molecular weight is 381 g/mol. The van der Waals surface area contributed by atoms with E-state index in [0.29, 0.717) is 37.1 Å². The molecule has 1 aliphatic rings. The molecule has 0 spiro atoms. The van der Waals surface area contributed by atoms with E-state index < -0.39 is 4.92 Å². The van der Waals surface area contributed by atoms with Gasteiger partial charge in [-0.05, 0) is 18.2 Å². The first-order valence-corrected chi connectivity index (χ1v) is 8.87. The van der Waals surface area contributed by atoms with Gasteiger partial charge >= 0.3 is 0 Å². The fourth-order valence-corrected chi connectivity index (χ4v) is 3.40. The van der Waals surface area contributed by atoms with Crippen molar-refractivity contribution >= 4 is 28.2 Å². The molecule has 144 valence electrons. The molecule has 0 bridgehead atoms. The number of benzene rings is 2. The first kappa shape index (κ1) is 17.8. The summed E-state index contributed by atoms with van der Waals surface area (Å²) in [5, 5.41) is 18.4. The highest BCUT2D eigenvalue weighted by Gasteiger charge is 2.26. The Bertz CT molecular complexity index is 1040. The van der Waals surface area contributed by atoms with E-state index in [0.717, 1.165) is 11.4 Å². The van der Waals surface area contributed by atoms with Gasteiger partial charge in [0.2, 0.25) is 0 Å². The molecule has 9 nitrogen and oxygen atoms in total. The molecular weight excluding hydrogens is 362 g/mol. The van der Waals surface area contributed by atoms with Crippen molar-refractivity contribution in [2.45, 2.75) is 0 Å². The summed E-state index contributed by atoms with van der Waals surface area (Å²) in [7, 11) is 1.63. The second-order valence-electron chi connectivity index (χ2n) is 6.54. The Labute approximate surface area is 160 Å². The van der Waals surface area contributed by atoms with Crippen LogP contribution in [0.5, 0.6) is 5.75 Å². The minimum Gasteiger partial charge on any atom is -0.497 e. The fourth-order valence-electron chi connectivity index (χ4n) is 3.40. The first-order chi connectivity index (χ1) is 13.6. The van der Waals surface area contributed by atoms with E-state index in [-0.39, 0.29) is 17.3 Å². The van der Waals surface area contributed by atoms with Crippen LogP contribution in [-0.2, 0) is 0 Å². The number of nitrogens with one attached hydrogen (secondary N) is 1. The molecule has 28 heavy (non-hydrogen) atoms. The topological polar surface area (TPSA) is 105 Å². The Morgan fingerprint density at radius 3 is 2.68 bits per heavy atom. The molecule has 1 aromatic heterocycles. The van der Waals surface area contributed by atoms with Crippen LogP contribution in [0.1, 0.15) is 10.5 Å². The SMILES string of the molecule is COc1cccc(N2CCN(C(=O)c3n[nH]c4ccc([N+](=O)[O-])cc34)CC2)c1. The highest BCUT2D eigenvalue weighted by Crippen LogP contribution is 2.25. The zero-order chi connectivity index (χ0) is 19.7. The van der Waals surface area contributed by atoms with Gasteiger partial charge in [-0.1, -0.05) is 6.07 Å². The van der Waals surface area contributed by atoms with E-state index in [4.69, 9.17) is 4.74 Å². The summed E-state index contributed by atoms with van der Waals surface area (Å²) < 4.78 is 5.27. The van der Waals surface area contributed by atoms with Crippen LogP contribution in [0.25, 0.3) is 10.9 Å². The highest BCUT2D eigenvalue weighted by atomic mass is 16.6. The number of anilines is 1. The fraction of sp³-hybridized carbons (Fsp3) is 0.263. The smallest absolute Gasteiger partial charge is 0.275 e. The number of non-ortho nitro benzene ring substituents is 1. The number of methoxy groups -OCH3 is 1. The molecule has 3 aromatic rings. The molecule has 0 saturated carbocycles. The minimum atomic E-state index is -0.479. The number of carbonyl (C=O) groups excluding carboxylic acids is 1. The largest absolute Gasteiger partial charge is 0.497 e. The number of rotatable bonds is 4. The van der Waals surface area contributed by atoms with Crippen LogP contribution < -0.4 is 9.64 Å². The number of aromatic amines is 1. The van der Waals surface area contributed by atoms with Gasteiger partial charge in [-0.15, -0.1) is 0 Å². The number of H-pyrrole nitrogens is 1. The lowest BCUT2D eigenvalue weighted by Crippen LogP contribution is -2.48. The van der Waals surface area contributed by atoms with Crippen LogP contribution in [0.15, 0.2) is 42.5 Å². The summed E-state index contributed by atoms with van der Waals surface area (Å²) >= 11 is 0. The molecular formula is C19H19N5O4. The van der Waals surface area contributed by atoms with Crippen molar-refractivity contribution in [1.82, 2.24) is 15.1 Å². The molecule has 1 N–H and O–H groups in total. The molecule has 1 aliphatic heterocycles. The average Bonchev–Trinajstić information content (AvgIpc) is 3.16. The maximum absolute atomic E-state index is 12.9. The number of carbonyl (C=O) groups is 1. The van der Waals surface area contributed by atoms with E-state index in [9.17, 15) is 14.9 Å². The van der Waals surface area contributed by atoms with Crippen LogP contribution in [-0.4, -0.2) is 59.2 Å². The summed E-state index contributed by atoms with van der Waals surface area (Å²) in [4.78, 5) is 27.4. The molecule has 2 aromatic carbocycles. The number of nitrogens with zero attached hydrogens (tertiary/aromatic N) is 4. The van der Waals surface area contributed by atoms with E-state index in [1.54, 1.807) is 18.1 Å². The van der Waals surface area contributed by atoms with Crippen LogP contribution in [0, 0.1) is 10.1 Å². The molecule has 1 fully saturated rings. The number of hydrogen-bond acceptors (Lipinski definition) is 6. The number of piperazine rings is 1. The number of hydrogen-bond donors (Lipinski definition) is 1. The third kappa shape index (κ3) is 3.22. The quantitative estimate of drug-likeness (QED) is 0.550. The van der Waals surface area contributed by atoms with Crippen LogP contribution in [0.2, 0.25) is 0 Å². The molecule has 2 heterocycles. The summed E-state index contributed by atoms with van der Waals surface area (Å²) in [5.74, 6) is 0.567. The van der Waals surface area contributed by atoms with Gasteiger partial charge in [0, 0.05) is 55.5 Å². The second kappa shape index (κ2) is 7.18. The lowest BCUT2D eigenvalue weighted by atomic mass is 10.1. The van der Waals surface area contributed by atoms with Gasteiger partial charge in [0.05, 0.1) is 17.5 Å². The number of nitro benzene ring substituents is 1. The summed E-state index contributed by atoms with van der Waals surface area (Å²) in [5.41, 5.74) is 1.80. The van der Waals surface area contributed by atoms with E-state index in [1.807, 2.05) is 24.3 Å². The van der Waals surface area contributed by atoms with Crippen molar-refractivity contribution in [3.63, 3.8) is 0 Å². The molecule has 9 heteroatoms. The zero-order valence-electron chi connectivity index (χ0n) is 15.3. The normalized spacial score (nSPS) is 14.3. The minimum absolute atomic E-state index is 0.0641. The molecule has 0 aliphatic carbocycles. The third-order valence-corrected chi connectivity index (χ3v) is 4.95. The van der Waals surface area contributed by atoms with Crippen molar-refractivity contribution in [3.05, 3.63) is 58.3 Å². The lowest BCUT2D eigenvalue weighted by molar-refractivity contribution is -0.384. The maximum Gasteiger partial charge on any atom is 0.275 e. The van der Waals surface area contributed by atoms with Crippen LogP contribution >= 0.6 is 0 Å². The Kier molecular flexibility index (Phi) is 4.56. The Hall–Kier alpha value is -3.62. The molecule has 1 amide bonds. The Morgan fingerprint density at radius 2 is 1.96 bits per heavy atom. The van der Waals surface area contributed by atoms with Gasteiger partial charge in [0.25, 0.3) is 11.6 Å². The Balaban J connectivity index is 1.50. The predicted molar refractivity (Wildman–Crippen MR) is 104 cm³/mol. The Morgan fingerprint density at radius 1 is 1.18 bits per heavy atom. The highest BCUT2D eigenvalue weighted by molar-refractivity contribution is 6.05. The monoisotopic (exact) mass is 381 g/mol. The lowest BCUT2D eigenvalue weighted by Gasteiger charge is -2.36. The molecule has 4 rings (SSSR count). The maximum atomic E-state index is 12.9. The van der Waals surface area contributed by atoms with Gasteiger partial charge in [-0.3, -0.25) is 20.0 Å². The van der Waals surface area contributed by atoms with Crippen molar-refractivity contribution in [2.24, 2.45) is 0 Å². The molecule has 0 radical (unpaired) electrons. The first-order valence-electron chi connectivity index (χ1n) is 8.87. The van der Waals surface area contributed by atoms with Gasteiger partial charge in [0.15, 0.2) is 5.69 Å². The van der Waals surface area contributed by atoms with E-state index in [2.05, 4.69) is 15.1 Å². The van der Waals surface area contributed by atoms with E-state index in [1.165, 1.54) is 12.1 Å². The predicted octanol–water partition coefficient (Wildman–Crippen LogP) is 2.44. The van der Waals surface area contributed by atoms with Crippen molar-refractivity contribution in [1.29, 1.82) is 0 Å². The molecule has 0 atom stereocenters. The standard InChI is InChI=1S/C19H19N5O4/c1-28-15-4-2-3-13(11-15)22-7-9-23(10-8-22)19(25)18-16-12-14(24(26)27)5-6-17(16)20-21-18/h2-6,11-12H,7-10H2,1H3,(H,20,21). The van der Waals surface area contributed by atoms with Crippen LogP contribution in [0.4, 0.5) is 11.4 Å². The van der Waals surface area contributed by atoms with Gasteiger partial charge in [0.1, 0.15) is 5.75 Å². The van der Waals surface area contributed by atoms with Crippen LogP contribution in [0.3, 0.4) is 0 Å². The molecule has 1 saturated heterocycles. The third-order valence-electron chi connectivity index (χ3n) is 4.95. The summed E-state index contributed by atoms with van der Waals surface area (Å²) in [6.07, 6.45) is 0. The summed E-state index contributed by atoms with van der Waals surface area (Å²) in [6.45, 7) is 2.45. The number of amides is 1. The number of fused-ring (bicyclic) bond motifs is 1. The number of aromatic nitrogens is 2. The van der Waals surface area contributed by atoms with Gasteiger partial charge in [-0.25, -0.2) is 0 Å². The number of nitro groups is 1. The van der Waals surface area contributed by atoms with Crippen molar-refractivity contribution in [3.8, 4) is 5.75 Å². The van der Waals surface area contributed by atoms with Gasteiger partial charge in [-0.2, -0.15) is 5.10 Å². The van der Waals surface area contributed by atoms with E-state index >= 15 is 0 Å². The summed E-state index contributed by atoms with van der Waals surface area (Å²) in [6, 6.07) is 12.2. The second-order valence-corrected chi connectivity index (χ2v) is 6.54. The van der Waals surface area contributed by atoms with Gasteiger partial charge < -0.3 is 14.5 Å². The van der Waals surface area contributed by atoms with Crippen molar-refractivity contribution in [2.75, 3.05) is 38.2 Å². The molecule has 0 unspecified atom stereocenters. The zero-order valence-corrected chi connectivity index (χ0v) is 15.3. The number of ether oxygens (including phenoxy) is 1. The van der Waals surface area contributed by atoms with Crippen molar-refractivity contribution < 1.29 is 14.5 Å².